The molecule has 2 aliphatic rings. The zero-order chi connectivity index (χ0) is 17.0. The predicted molar refractivity (Wildman–Crippen MR) is 68.5 cm³/mol. The Hall–Kier alpha value is -1.73. The first kappa shape index (κ1) is 16.1. The Labute approximate surface area is 128 Å². The molecule has 2 nitrogen and oxygen atoms in total. The van der Waals surface area contributed by atoms with Crippen molar-refractivity contribution in [2.75, 3.05) is 0 Å². The minimum atomic E-state index is -4.99. The monoisotopic (exact) mass is 337 g/mol. The molecule has 3 rings (SSSR count). The van der Waals surface area contributed by atoms with Crippen LogP contribution in [0.5, 0.6) is 0 Å². The molecule has 1 amide bonds. The molecule has 0 aliphatic carbocycles. The number of nitrogens with zero attached hydrogens (tertiary/aromatic N) is 1. The van der Waals surface area contributed by atoms with Crippen molar-refractivity contribution in [2.24, 2.45) is 11.8 Å². The number of carbonyl (C=O) groups excluding carboxylic acids is 1. The van der Waals surface area contributed by atoms with Crippen molar-refractivity contribution < 1.29 is 31.1 Å². The van der Waals surface area contributed by atoms with Crippen LogP contribution >= 0.6 is 0 Å². The Bertz CT molecular complexity index is 568. The molecule has 1 aromatic rings. The average molecular weight is 337 g/mol. The second-order valence-electron chi connectivity index (χ2n) is 5.93. The van der Waals surface area contributed by atoms with E-state index in [1.807, 2.05) is 0 Å². The second-order valence-corrected chi connectivity index (χ2v) is 5.93. The Morgan fingerprint density at radius 2 is 1.30 bits per heavy atom. The molecule has 2 heterocycles. The largest absolute Gasteiger partial charge is 0.394 e. The summed E-state index contributed by atoms with van der Waals surface area (Å²) in [5.41, 5.74) is 0.105. The summed E-state index contributed by atoms with van der Waals surface area (Å²) >= 11 is 0. The fourth-order valence-corrected chi connectivity index (χ4v) is 3.92. The predicted octanol–water partition coefficient (Wildman–Crippen LogP) is 4.03. The SMILES string of the molecule is O=C(c1ccccc1)N1[C@@H]2CC[C@H]1[C@@H](C(F)(F)F)[C@H]2C(F)(F)F. The summed E-state index contributed by atoms with van der Waals surface area (Å²) in [6.07, 6.45) is -10.1. The van der Waals surface area contributed by atoms with Crippen molar-refractivity contribution >= 4 is 5.91 Å². The topological polar surface area (TPSA) is 20.3 Å². The molecule has 0 spiro atoms. The number of amides is 1. The van der Waals surface area contributed by atoms with Gasteiger partial charge in [0.05, 0.1) is 11.8 Å². The van der Waals surface area contributed by atoms with E-state index < -0.39 is 42.2 Å². The Kier molecular flexibility index (Phi) is 3.61. The lowest BCUT2D eigenvalue weighted by atomic mass is 9.78. The van der Waals surface area contributed by atoms with E-state index >= 15 is 0 Å². The molecule has 0 aromatic heterocycles. The Balaban J connectivity index is 2.00. The normalized spacial score (nSPS) is 30.8. The molecular weight excluding hydrogens is 324 g/mol. The van der Waals surface area contributed by atoms with Gasteiger partial charge in [-0.2, -0.15) is 26.3 Å². The van der Waals surface area contributed by atoms with Gasteiger partial charge in [0.2, 0.25) is 0 Å². The molecule has 8 heteroatoms. The van der Waals surface area contributed by atoms with Gasteiger partial charge in [0.15, 0.2) is 0 Å². The van der Waals surface area contributed by atoms with Gasteiger partial charge in [-0.25, -0.2) is 0 Å². The lowest BCUT2D eigenvalue weighted by molar-refractivity contribution is -0.254. The minimum Gasteiger partial charge on any atom is -0.331 e. The standard InChI is InChI=1S/C15H13F6NO/c16-14(17,18)11-9-6-7-10(12(11)15(19,20)21)22(9)13(23)8-4-2-1-3-5-8/h1-5,9-12H,6-7H2/t9-,10+,11+,12-. The molecular formula is C15H13F6NO. The van der Waals surface area contributed by atoms with E-state index in [0.29, 0.717) is 0 Å². The van der Waals surface area contributed by atoms with Crippen LogP contribution in [0.1, 0.15) is 23.2 Å². The van der Waals surface area contributed by atoms with Crippen LogP contribution in [0.2, 0.25) is 0 Å². The third-order valence-corrected chi connectivity index (χ3v) is 4.70. The van der Waals surface area contributed by atoms with Crippen LogP contribution in [0.4, 0.5) is 26.3 Å². The van der Waals surface area contributed by atoms with Gasteiger partial charge < -0.3 is 4.90 Å². The number of halogens is 6. The van der Waals surface area contributed by atoms with E-state index in [4.69, 9.17) is 0 Å². The highest BCUT2D eigenvalue weighted by Gasteiger charge is 2.70. The molecule has 126 valence electrons. The maximum absolute atomic E-state index is 13.2. The van der Waals surface area contributed by atoms with Crippen LogP contribution in [-0.2, 0) is 0 Å². The molecule has 0 N–H and O–H groups in total. The first-order valence-electron chi connectivity index (χ1n) is 7.13. The van der Waals surface area contributed by atoms with Gasteiger partial charge in [0, 0.05) is 17.6 Å². The summed E-state index contributed by atoms with van der Waals surface area (Å²) in [6, 6.07) is 4.56. The fraction of sp³-hybridized carbons (Fsp3) is 0.533. The van der Waals surface area contributed by atoms with Crippen LogP contribution in [0.25, 0.3) is 0 Å². The summed E-state index contributed by atoms with van der Waals surface area (Å²) in [7, 11) is 0. The highest BCUT2D eigenvalue weighted by atomic mass is 19.4. The maximum Gasteiger partial charge on any atom is 0.394 e. The fourth-order valence-electron chi connectivity index (χ4n) is 3.92. The number of carbonyl (C=O) groups is 1. The Morgan fingerprint density at radius 1 is 0.870 bits per heavy atom. The molecule has 2 saturated heterocycles. The van der Waals surface area contributed by atoms with Gasteiger partial charge in [0.1, 0.15) is 0 Å². The second kappa shape index (κ2) is 5.14. The molecule has 0 radical (unpaired) electrons. The van der Waals surface area contributed by atoms with Gasteiger partial charge in [-0.05, 0) is 25.0 Å². The van der Waals surface area contributed by atoms with Crippen molar-refractivity contribution in [1.29, 1.82) is 0 Å². The number of alkyl halides is 6. The quantitative estimate of drug-likeness (QED) is 0.709. The summed E-state index contributed by atoms with van der Waals surface area (Å²) in [5, 5.41) is 0. The van der Waals surface area contributed by atoms with Crippen LogP contribution in [0.3, 0.4) is 0 Å². The number of hydrogen-bond acceptors (Lipinski definition) is 1. The van der Waals surface area contributed by atoms with E-state index in [-0.39, 0.29) is 18.4 Å². The van der Waals surface area contributed by atoms with E-state index in [1.165, 1.54) is 24.3 Å². The van der Waals surface area contributed by atoms with E-state index in [0.717, 1.165) is 4.90 Å². The van der Waals surface area contributed by atoms with Gasteiger partial charge in [-0.3, -0.25) is 4.79 Å². The van der Waals surface area contributed by atoms with Crippen LogP contribution < -0.4 is 0 Å². The van der Waals surface area contributed by atoms with Gasteiger partial charge in [0.25, 0.3) is 5.91 Å². The molecule has 0 unspecified atom stereocenters. The van der Waals surface area contributed by atoms with E-state index in [1.54, 1.807) is 6.07 Å². The molecule has 1 aromatic carbocycles. The smallest absolute Gasteiger partial charge is 0.331 e. The average Bonchev–Trinajstić information content (AvgIpc) is 3.01. The third kappa shape index (κ3) is 2.57. The zero-order valence-corrected chi connectivity index (χ0v) is 11.7. The number of benzene rings is 1. The van der Waals surface area contributed by atoms with Crippen molar-refractivity contribution in [3.05, 3.63) is 35.9 Å². The van der Waals surface area contributed by atoms with Gasteiger partial charge in [-0.1, -0.05) is 18.2 Å². The van der Waals surface area contributed by atoms with Crippen molar-refractivity contribution in [2.45, 2.75) is 37.3 Å². The van der Waals surface area contributed by atoms with Crippen molar-refractivity contribution in [1.82, 2.24) is 4.90 Å². The minimum absolute atomic E-state index is 0.0556. The van der Waals surface area contributed by atoms with E-state index in [2.05, 4.69) is 0 Å². The van der Waals surface area contributed by atoms with Gasteiger partial charge >= 0.3 is 12.4 Å². The molecule has 4 atom stereocenters. The molecule has 0 saturated carbocycles. The van der Waals surface area contributed by atoms with Crippen LogP contribution in [0, 0.1) is 11.8 Å². The first-order chi connectivity index (χ1) is 10.6. The molecule has 23 heavy (non-hydrogen) atoms. The molecule has 2 fully saturated rings. The zero-order valence-electron chi connectivity index (χ0n) is 11.7. The number of rotatable bonds is 1. The summed E-state index contributed by atoms with van der Waals surface area (Å²) in [4.78, 5) is 13.3. The summed E-state index contributed by atoms with van der Waals surface area (Å²) in [5.74, 6) is -5.86. The van der Waals surface area contributed by atoms with E-state index in [9.17, 15) is 31.1 Å². The van der Waals surface area contributed by atoms with Crippen molar-refractivity contribution in [3.63, 3.8) is 0 Å². The highest BCUT2D eigenvalue weighted by molar-refractivity contribution is 5.95. The number of fused-ring (bicyclic) bond motifs is 2. The molecule has 2 bridgehead atoms. The lowest BCUT2D eigenvalue weighted by Gasteiger charge is -2.31. The van der Waals surface area contributed by atoms with Crippen LogP contribution in [-0.4, -0.2) is 35.2 Å². The van der Waals surface area contributed by atoms with Crippen LogP contribution in [0.15, 0.2) is 30.3 Å². The van der Waals surface area contributed by atoms with Crippen molar-refractivity contribution in [3.8, 4) is 0 Å². The first-order valence-corrected chi connectivity index (χ1v) is 7.13. The lowest BCUT2D eigenvalue weighted by Crippen LogP contribution is -2.45. The Morgan fingerprint density at radius 3 is 1.70 bits per heavy atom. The van der Waals surface area contributed by atoms with Gasteiger partial charge in [-0.15, -0.1) is 0 Å². The third-order valence-electron chi connectivity index (χ3n) is 4.70. The maximum atomic E-state index is 13.2. The number of hydrogen-bond donors (Lipinski definition) is 0. The molecule has 2 aliphatic heterocycles. The summed E-state index contributed by atoms with van der Waals surface area (Å²) in [6.45, 7) is 0. The highest BCUT2D eigenvalue weighted by Crippen LogP contribution is 2.57. The summed E-state index contributed by atoms with van der Waals surface area (Å²) < 4.78 is 79.2.